The van der Waals surface area contributed by atoms with Crippen molar-refractivity contribution in [3.05, 3.63) is 65.4 Å². The number of rotatable bonds is 3. The van der Waals surface area contributed by atoms with E-state index in [0.717, 1.165) is 49.5 Å². The number of aromatic amines is 2. The van der Waals surface area contributed by atoms with Crippen LogP contribution in [0.5, 0.6) is 0 Å². The van der Waals surface area contributed by atoms with Gasteiger partial charge in [0.1, 0.15) is 0 Å². The minimum absolute atomic E-state index is 0.106. The quantitative estimate of drug-likeness (QED) is 0.465. The Bertz CT molecular complexity index is 1290. The van der Waals surface area contributed by atoms with Crippen molar-refractivity contribution in [2.45, 2.75) is 13.2 Å². The van der Waals surface area contributed by atoms with E-state index >= 15 is 0 Å². The van der Waals surface area contributed by atoms with Gasteiger partial charge in [-0.2, -0.15) is 0 Å². The average molecular weight is 357 g/mol. The topological polar surface area (TPSA) is 69.9 Å². The molecule has 4 aromatic rings. The molecule has 0 spiro atoms. The maximum Gasteiger partial charge on any atom is 0.254 e. The number of ether oxygens (including phenoxy) is 1. The van der Waals surface area contributed by atoms with Gasteiger partial charge in [-0.05, 0) is 13.0 Å². The minimum atomic E-state index is -0.473. The van der Waals surface area contributed by atoms with Gasteiger partial charge in [0.2, 0.25) is 0 Å². The van der Waals surface area contributed by atoms with Crippen molar-refractivity contribution >= 4 is 44.7 Å². The van der Waals surface area contributed by atoms with E-state index in [0.29, 0.717) is 5.56 Å². The molecule has 2 aromatic heterocycles. The van der Waals surface area contributed by atoms with E-state index in [1.807, 2.05) is 43.3 Å². The Morgan fingerprint density at radius 3 is 2.70 bits per heavy atom. The second-order valence-electron chi connectivity index (χ2n) is 6.81. The van der Waals surface area contributed by atoms with E-state index in [-0.39, 0.29) is 5.91 Å². The molecule has 1 amide bonds. The number of para-hydroxylation sites is 1. The molecule has 0 saturated heterocycles. The Morgan fingerprint density at radius 2 is 1.93 bits per heavy atom. The first-order valence-electron chi connectivity index (χ1n) is 8.87. The lowest BCUT2D eigenvalue weighted by Crippen LogP contribution is -2.20. The summed E-state index contributed by atoms with van der Waals surface area (Å²) in [6.45, 7) is 5.81. The van der Waals surface area contributed by atoms with Crippen molar-refractivity contribution in [2.24, 2.45) is 0 Å². The largest absolute Gasteiger partial charge is 0.357 e. The van der Waals surface area contributed by atoms with Crippen LogP contribution >= 0.6 is 0 Å². The van der Waals surface area contributed by atoms with Crippen molar-refractivity contribution in [3.8, 4) is 0 Å². The molecule has 1 unspecified atom stereocenters. The standard InChI is InChI=1S/C22H19N3O2/c1-4-5-8-12-11(2)23-19-15(12)18-17(21(26)25-22(18)27-3)16-13-9-6-7-10-14(13)24-20(16)19/h4-10,22-24H,1H2,2-3H3,(H,25,26)/b8-5-. The Hall–Kier alpha value is -3.31. The molecule has 0 aliphatic carbocycles. The molecule has 2 aromatic carbocycles. The molecule has 5 heteroatoms. The molecular formula is C22H19N3O2. The zero-order valence-corrected chi connectivity index (χ0v) is 15.1. The molecule has 3 heterocycles. The maximum absolute atomic E-state index is 12.9. The molecule has 5 rings (SSSR count). The molecule has 5 nitrogen and oxygen atoms in total. The summed E-state index contributed by atoms with van der Waals surface area (Å²) in [5, 5.41) is 5.94. The molecule has 1 atom stereocenters. The van der Waals surface area contributed by atoms with E-state index in [1.165, 1.54) is 0 Å². The van der Waals surface area contributed by atoms with Crippen LogP contribution in [0.2, 0.25) is 0 Å². The summed E-state index contributed by atoms with van der Waals surface area (Å²) in [6.07, 6.45) is 5.20. The summed E-state index contributed by atoms with van der Waals surface area (Å²) in [7, 11) is 1.62. The van der Waals surface area contributed by atoms with Crippen LogP contribution in [0.1, 0.15) is 33.4 Å². The predicted molar refractivity (Wildman–Crippen MR) is 109 cm³/mol. The van der Waals surface area contributed by atoms with Crippen LogP contribution in [0.3, 0.4) is 0 Å². The van der Waals surface area contributed by atoms with Crippen molar-refractivity contribution in [1.29, 1.82) is 0 Å². The van der Waals surface area contributed by atoms with Crippen molar-refractivity contribution in [2.75, 3.05) is 7.11 Å². The summed E-state index contributed by atoms with van der Waals surface area (Å²) < 4.78 is 5.62. The number of hydrogen-bond acceptors (Lipinski definition) is 2. The average Bonchev–Trinajstić information content (AvgIpc) is 3.31. The number of H-pyrrole nitrogens is 2. The van der Waals surface area contributed by atoms with Gasteiger partial charge >= 0.3 is 0 Å². The van der Waals surface area contributed by atoms with Crippen molar-refractivity contribution < 1.29 is 9.53 Å². The number of fused-ring (bicyclic) bond motifs is 8. The first-order chi connectivity index (χ1) is 13.2. The summed E-state index contributed by atoms with van der Waals surface area (Å²) in [4.78, 5) is 19.9. The van der Waals surface area contributed by atoms with Crippen LogP contribution in [0.4, 0.5) is 0 Å². The zero-order valence-electron chi connectivity index (χ0n) is 15.1. The van der Waals surface area contributed by atoms with Gasteiger partial charge in [0.05, 0.1) is 16.6 Å². The Balaban J connectivity index is 2.08. The van der Waals surface area contributed by atoms with E-state index in [1.54, 1.807) is 13.2 Å². The molecule has 0 saturated carbocycles. The molecule has 27 heavy (non-hydrogen) atoms. The predicted octanol–water partition coefficient (Wildman–Crippen LogP) is 4.70. The number of hydrogen-bond donors (Lipinski definition) is 3. The highest BCUT2D eigenvalue weighted by atomic mass is 16.5. The monoisotopic (exact) mass is 357 g/mol. The summed E-state index contributed by atoms with van der Waals surface area (Å²) >= 11 is 0. The van der Waals surface area contributed by atoms with Crippen LogP contribution < -0.4 is 5.32 Å². The van der Waals surface area contributed by atoms with Gasteiger partial charge in [-0.3, -0.25) is 4.79 Å². The van der Waals surface area contributed by atoms with E-state index in [2.05, 4.69) is 21.9 Å². The van der Waals surface area contributed by atoms with Gasteiger partial charge in [-0.25, -0.2) is 0 Å². The summed E-state index contributed by atoms with van der Waals surface area (Å²) in [5.41, 5.74) is 6.59. The van der Waals surface area contributed by atoms with E-state index < -0.39 is 6.23 Å². The van der Waals surface area contributed by atoms with Crippen LogP contribution in [0, 0.1) is 6.92 Å². The SMILES string of the molecule is C=C/C=C\c1c(C)[nH]c2c1c1c(c3c4ccccc4[nH]c23)C(=O)NC1OC. The lowest BCUT2D eigenvalue weighted by molar-refractivity contribution is 0.0671. The Morgan fingerprint density at radius 1 is 1.15 bits per heavy atom. The van der Waals surface area contributed by atoms with Crippen molar-refractivity contribution in [3.63, 3.8) is 0 Å². The molecular weight excluding hydrogens is 338 g/mol. The van der Waals surface area contributed by atoms with Gasteiger partial charge in [0, 0.05) is 45.6 Å². The number of allylic oxidation sites excluding steroid dienone is 2. The van der Waals surface area contributed by atoms with E-state index in [9.17, 15) is 4.79 Å². The number of methoxy groups -OCH3 is 1. The molecule has 0 bridgehead atoms. The van der Waals surface area contributed by atoms with Gasteiger partial charge in [0.25, 0.3) is 5.91 Å². The minimum Gasteiger partial charge on any atom is -0.357 e. The number of amides is 1. The van der Waals surface area contributed by atoms with Crippen LogP contribution in [-0.2, 0) is 4.74 Å². The van der Waals surface area contributed by atoms with Gasteiger partial charge in [-0.15, -0.1) is 0 Å². The third-order valence-electron chi connectivity index (χ3n) is 5.37. The van der Waals surface area contributed by atoms with Gasteiger partial charge in [-0.1, -0.05) is 43.0 Å². The lowest BCUT2D eigenvalue weighted by Gasteiger charge is -2.11. The highest BCUT2D eigenvalue weighted by molar-refractivity contribution is 6.27. The molecule has 134 valence electrons. The molecule has 0 radical (unpaired) electrons. The fourth-order valence-corrected chi connectivity index (χ4v) is 4.27. The summed E-state index contributed by atoms with van der Waals surface area (Å²) in [5.74, 6) is -0.106. The second-order valence-corrected chi connectivity index (χ2v) is 6.81. The third kappa shape index (κ3) is 2.00. The molecule has 1 aliphatic rings. The van der Waals surface area contributed by atoms with Crippen molar-refractivity contribution in [1.82, 2.24) is 15.3 Å². The second kappa shape index (κ2) is 5.59. The number of aromatic nitrogens is 2. The number of carbonyl (C=O) groups excluding carboxylic acids is 1. The third-order valence-corrected chi connectivity index (χ3v) is 5.37. The fourth-order valence-electron chi connectivity index (χ4n) is 4.27. The van der Waals surface area contributed by atoms with Gasteiger partial charge < -0.3 is 20.0 Å². The van der Waals surface area contributed by atoms with Crippen LogP contribution in [0.15, 0.2) is 43.0 Å². The number of nitrogens with one attached hydrogen (secondary N) is 3. The molecule has 1 aliphatic heterocycles. The number of carbonyl (C=O) groups is 1. The molecule has 3 N–H and O–H groups in total. The Labute approximate surface area is 155 Å². The van der Waals surface area contributed by atoms with Gasteiger partial charge in [0.15, 0.2) is 6.23 Å². The molecule has 0 fully saturated rings. The highest BCUT2D eigenvalue weighted by Crippen LogP contribution is 2.44. The highest BCUT2D eigenvalue weighted by Gasteiger charge is 2.36. The number of benzene rings is 2. The smallest absolute Gasteiger partial charge is 0.254 e. The fraction of sp³-hybridized carbons (Fsp3) is 0.136. The van der Waals surface area contributed by atoms with E-state index in [4.69, 9.17) is 4.74 Å². The van der Waals surface area contributed by atoms with Crippen LogP contribution in [0.25, 0.3) is 38.8 Å². The Kier molecular flexibility index (Phi) is 3.29. The lowest BCUT2D eigenvalue weighted by atomic mass is 9.95. The normalized spacial score (nSPS) is 16.7. The maximum atomic E-state index is 12.9. The first kappa shape index (κ1) is 15.9. The number of aryl methyl sites for hydroxylation is 1. The first-order valence-corrected chi connectivity index (χ1v) is 8.87. The summed E-state index contributed by atoms with van der Waals surface area (Å²) in [6, 6.07) is 8.06. The van der Waals surface area contributed by atoms with Crippen LogP contribution in [-0.4, -0.2) is 23.0 Å². The zero-order chi connectivity index (χ0) is 18.7.